The number of hydrogen-bond acceptors (Lipinski definition) is 16. The van der Waals surface area contributed by atoms with E-state index in [-0.39, 0.29) is 34.0 Å². The summed E-state index contributed by atoms with van der Waals surface area (Å²) in [5.74, 6) is -0.859. The Hall–Kier alpha value is -3.20. The summed E-state index contributed by atoms with van der Waals surface area (Å²) >= 11 is 0. The lowest BCUT2D eigenvalue weighted by Crippen LogP contribution is -2.36. The molecule has 3 aliphatic heterocycles. The molecule has 0 amide bonds. The van der Waals surface area contributed by atoms with Gasteiger partial charge in [-0.25, -0.2) is 29.5 Å². The smallest absolute Gasteiger partial charge is 0.390 e. The molecule has 7 rings (SSSR count). The largest absolute Gasteiger partial charge is 0.472 e. The molecule has 21 nitrogen and oxygen atoms in total. The number of rotatable bonds is 2. The molecule has 3 aliphatic rings. The Morgan fingerprint density at radius 1 is 0.933 bits per heavy atom. The van der Waals surface area contributed by atoms with Crippen molar-refractivity contribution in [3.8, 4) is 0 Å². The Morgan fingerprint density at radius 2 is 1.62 bits per heavy atom. The Labute approximate surface area is 251 Å². The maximum Gasteiger partial charge on any atom is 0.472 e. The number of ether oxygens (including phenoxy) is 2. The Balaban J connectivity index is 1.21. The first kappa shape index (κ1) is 30.5. The van der Waals surface area contributed by atoms with Crippen molar-refractivity contribution in [3.63, 3.8) is 0 Å². The van der Waals surface area contributed by atoms with Crippen LogP contribution in [-0.2, 0) is 32.2 Å². The number of imidazole rings is 2. The fraction of sp³-hybridized carbons (Fsp3) is 0.545. The number of aromatic amines is 1. The lowest BCUT2D eigenvalue weighted by Gasteiger charge is -2.25. The highest BCUT2D eigenvalue weighted by atomic mass is 31.2. The average molecular weight is 671 g/mol. The maximum absolute atomic E-state index is 13.4. The number of phosphoric ester groups is 1. The second kappa shape index (κ2) is 11.0. The molecule has 10 atom stereocenters. The number of aryl methyl sites for hydroxylation is 1. The first-order chi connectivity index (χ1) is 21.3. The van der Waals surface area contributed by atoms with Gasteiger partial charge in [0.2, 0.25) is 0 Å². The van der Waals surface area contributed by atoms with E-state index in [1.54, 1.807) is 6.92 Å². The predicted octanol–water partition coefficient (Wildman–Crippen LogP) is -1.30. The van der Waals surface area contributed by atoms with Crippen molar-refractivity contribution in [2.45, 2.75) is 49.9 Å². The standard InChI is InChI=1S/C22H27N9O12P2/c1-8-28-19-13(20(34)29-8)27-7-31(19)21-9-4-44(35,36)39-3-11-16(43-45(37,38)40-2-10(41-21)14(9)32)15(33)22(42-11)30-6-26-12-17(23)24-5-25-18(12)30/h5-7,9-11,14-16,21-22,32-33H,2-4H2,1H3,(H,35,36)(H,37,38)(H2,23,24,25)(H,28,29,34)/t9-,10+,11+,14?,15?,16-,21+,22+/m0/s1. The van der Waals surface area contributed by atoms with E-state index in [1.165, 1.54) is 28.1 Å². The monoisotopic (exact) mass is 671 g/mol. The summed E-state index contributed by atoms with van der Waals surface area (Å²) < 4.78 is 56.9. The van der Waals surface area contributed by atoms with E-state index in [4.69, 9.17) is 28.8 Å². The molecular formula is C22H27N9O12P2. The lowest BCUT2D eigenvalue weighted by atomic mass is 10.0. The number of aromatic nitrogens is 8. The number of hydrogen-bond donors (Lipinski definition) is 6. The summed E-state index contributed by atoms with van der Waals surface area (Å²) in [4.78, 5) is 56.9. The van der Waals surface area contributed by atoms with Crippen LogP contribution in [0.1, 0.15) is 18.3 Å². The highest BCUT2D eigenvalue weighted by Crippen LogP contribution is 2.54. The number of nitrogens with one attached hydrogen (secondary N) is 1. The second-order valence-corrected chi connectivity index (χ2v) is 14.1. The summed E-state index contributed by atoms with van der Waals surface area (Å²) in [5.41, 5.74) is 5.72. The first-order valence-electron chi connectivity index (χ1n) is 13.5. The number of nitrogen functional groups attached to an aromatic ring is 1. The number of nitrogens with zero attached hydrogens (tertiary/aromatic N) is 7. The van der Waals surface area contributed by atoms with E-state index in [1.807, 2.05) is 0 Å². The van der Waals surface area contributed by atoms with Gasteiger partial charge in [-0.1, -0.05) is 0 Å². The summed E-state index contributed by atoms with van der Waals surface area (Å²) in [6, 6.07) is 0. The molecule has 7 N–H and O–H groups in total. The van der Waals surface area contributed by atoms with Crippen molar-refractivity contribution in [3.05, 3.63) is 35.2 Å². The van der Waals surface area contributed by atoms with Crippen LogP contribution in [0.4, 0.5) is 5.82 Å². The van der Waals surface area contributed by atoms with Crippen molar-refractivity contribution >= 4 is 43.6 Å². The number of nitrogens with two attached hydrogens (primary N) is 1. The Morgan fingerprint density at radius 3 is 2.40 bits per heavy atom. The molecule has 3 saturated heterocycles. The zero-order chi connectivity index (χ0) is 31.8. The fourth-order valence-corrected chi connectivity index (χ4v) is 8.14. The normalized spacial score (nSPS) is 37.7. The van der Waals surface area contributed by atoms with Crippen LogP contribution in [0.25, 0.3) is 22.3 Å². The Kier molecular flexibility index (Phi) is 7.42. The number of anilines is 1. The topological polar surface area (TPSA) is 294 Å². The third-order valence-corrected chi connectivity index (χ3v) is 10.3. The minimum absolute atomic E-state index is 0.0411. The lowest BCUT2D eigenvalue weighted by molar-refractivity contribution is -0.0558. The SMILES string of the molecule is Cc1nc2c(ncn2[C@@H]2O[C@@H]3COP(=O)(O)O[C@@H]4C(O)[C@H](n5cnc6c(N)ncnc65)O[C@@H]4COP(=O)(O)C[C@H]2C3O)c(=O)[nH]1. The molecule has 0 aromatic carbocycles. The number of aliphatic hydroxyl groups is 2. The van der Waals surface area contributed by atoms with E-state index >= 15 is 0 Å². The number of fused-ring (bicyclic) bond motifs is 5. The van der Waals surface area contributed by atoms with Gasteiger partial charge < -0.3 is 44.7 Å². The van der Waals surface area contributed by atoms with Crippen molar-refractivity contribution in [2.75, 3.05) is 25.1 Å². The zero-order valence-corrected chi connectivity index (χ0v) is 24.9. The molecule has 4 aromatic rings. The fourth-order valence-electron chi connectivity index (χ4n) is 5.77. The van der Waals surface area contributed by atoms with Gasteiger partial charge in [-0.05, 0) is 6.92 Å². The summed E-state index contributed by atoms with van der Waals surface area (Å²) in [6.07, 6.45) is -7.02. The molecule has 3 fully saturated rings. The summed E-state index contributed by atoms with van der Waals surface area (Å²) in [6.45, 7) is 0.137. The number of H-pyrrole nitrogens is 1. The Bertz CT molecular complexity index is 1930. The minimum Gasteiger partial charge on any atom is -0.390 e. The predicted molar refractivity (Wildman–Crippen MR) is 147 cm³/mol. The molecule has 0 spiro atoms. The van der Waals surface area contributed by atoms with E-state index in [0.29, 0.717) is 0 Å². The van der Waals surface area contributed by atoms with Gasteiger partial charge in [0.25, 0.3) is 5.56 Å². The molecule has 2 bridgehead atoms. The van der Waals surface area contributed by atoms with Crippen LogP contribution in [0.5, 0.6) is 0 Å². The van der Waals surface area contributed by atoms with Crippen LogP contribution < -0.4 is 11.3 Å². The highest BCUT2D eigenvalue weighted by Gasteiger charge is 2.53. The molecule has 4 unspecified atom stereocenters. The first-order valence-corrected chi connectivity index (χ1v) is 16.7. The van der Waals surface area contributed by atoms with Crippen molar-refractivity contribution in [1.29, 1.82) is 0 Å². The van der Waals surface area contributed by atoms with Crippen molar-refractivity contribution < 1.29 is 52.2 Å². The van der Waals surface area contributed by atoms with E-state index in [9.17, 15) is 33.9 Å². The quantitative estimate of drug-likeness (QED) is 0.135. The molecule has 0 saturated carbocycles. The van der Waals surface area contributed by atoms with E-state index in [0.717, 1.165) is 0 Å². The van der Waals surface area contributed by atoms with Gasteiger partial charge >= 0.3 is 15.4 Å². The third-order valence-electron chi connectivity index (χ3n) is 7.83. The molecule has 23 heteroatoms. The third kappa shape index (κ3) is 5.38. The van der Waals surface area contributed by atoms with Crippen molar-refractivity contribution in [2.24, 2.45) is 5.92 Å². The molecule has 0 radical (unpaired) electrons. The maximum atomic E-state index is 13.4. The van der Waals surface area contributed by atoms with Gasteiger partial charge in [-0.2, -0.15) is 0 Å². The molecular weight excluding hydrogens is 644 g/mol. The summed E-state index contributed by atoms with van der Waals surface area (Å²) in [7, 11) is -9.60. The number of aliphatic hydroxyl groups excluding tert-OH is 2. The van der Waals surface area contributed by atoms with Crippen LogP contribution >= 0.6 is 15.4 Å². The molecule has 4 aromatic heterocycles. The average Bonchev–Trinajstić information content (AvgIpc) is 3.72. The van der Waals surface area contributed by atoms with Gasteiger partial charge in [-0.3, -0.25) is 27.5 Å². The van der Waals surface area contributed by atoms with Gasteiger partial charge in [-0.15, -0.1) is 0 Å². The van der Waals surface area contributed by atoms with Crippen LogP contribution in [0.3, 0.4) is 0 Å². The van der Waals surface area contributed by atoms with Crippen molar-refractivity contribution in [1.82, 2.24) is 39.0 Å². The van der Waals surface area contributed by atoms with Gasteiger partial charge in [0.15, 0.2) is 28.9 Å². The highest BCUT2D eigenvalue weighted by molar-refractivity contribution is 7.52. The summed E-state index contributed by atoms with van der Waals surface area (Å²) in [5, 5.41) is 22.3. The molecule has 45 heavy (non-hydrogen) atoms. The number of phosphoric acid groups is 1. The van der Waals surface area contributed by atoms with Crippen LogP contribution in [0, 0.1) is 12.8 Å². The van der Waals surface area contributed by atoms with Gasteiger partial charge in [0, 0.05) is 5.92 Å². The van der Waals surface area contributed by atoms with Crippen LogP contribution in [-0.4, -0.2) is 109 Å². The van der Waals surface area contributed by atoms with Gasteiger partial charge in [0.1, 0.15) is 48.3 Å². The van der Waals surface area contributed by atoms with Gasteiger partial charge in [0.05, 0.1) is 38.1 Å². The molecule has 242 valence electrons. The van der Waals surface area contributed by atoms with Crippen LogP contribution in [0.15, 0.2) is 23.8 Å². The molecule has 7 heterocycles. The van der Waals surface area contributed by atoms with E-state index < -0.39 is 89.2 Å². The van der Waals surface area contributed by atoms with E-state index in [2.05, 4.69) is 29.9 Å². The van der Waals surface area contributed by atoms with Crippen LogP contribution in [0.2, 0.25) is 0 Å². The zero-order valence-electron chi connectivity index (χ0n) is 23.1. The second-order valence-electron chi connectivity index (χ2n) is 10.8. The molecule has 0 aliphatic carbocycles. The minimum atomic E-state index is -5.01.